The van der Waals surface area contributed by atoms with E-state index in [4.69, 9.17) is 17.3 Å². The van der Waals surface area contributed by atoms with Crippen LogP contribution in [0.15, 0.2) is 54.6 Å². The molecule has 23 heavy (non-hydrogen) atoms. The van der Waals surface area contributed by atoms with Gasteiger partial charge in [0.25, 0.3) is 0 Å². The number of hydrogen-bond acceptors (Lipinski definition) is 3. The van der Waals surface area contributed by atoms with Crippen molar-refractivity contribution in [3.8, 4) is 28.5 Å². The van der Waals surface area contributed by atoms with E-state index in [1.54, 1.807) is 0 Å². The summed E-state index contributed by atoms with van der Waals surface area (Å²) in [7, 11) is 0. The fraction of sp³-hybridized carbons (Fsp3) is 0.0526. The van der Waals surface area contributed by atoms with E-state index in [1.807, 2.05) is 61.5 Å². The van der Waals surface area contributed by atoms with Gasteiger partial charge in [-0.2, -0.15) is 5.26 Å². The predicted molar refractivity (Wildman–Crippen MR) is 94.0 cm³/mol. The summed E-state index contributed by atoms with van der Waals surface area (Å²) in [5.41, 5.74) is 10.8. The number of rotatable bonds is 2. The van der Waals surface area contributed by atoms with Gasteiger partial charge in [0.05, 0.1) is 5.69 Å². The third kappa shape index (κ3) is 2.77. The Morgan fingerprint density at radius 1 is 1.00 bits per heavy atom. The Bertz CT molecular complexity index is 895. The zero-order valence-corrected chi connectivity index (χ0v) is 13.3. The molecule has 0 fully saturated rings. The molecule has 0 amide bonds. The molecule has 0 bridgehead atoms. The SMILES string of the molecule is Cc1c(-c2ccc(Cl)cc2)nc(N)c(C#N)c1-c1ccccc1. The van der Waals surface area contributed by atoms with Crippen molar-refractivity contribution in [2.75, 3.05) is 5.73 Å². The summed E-state index contributed by atoms with van der Waals surface area (Å²) in [5.74, 6) is 0.238. The first-order valence-corrected chi connectivity index (χ1v) is 7.51. The second kappa shape index (κ2) is 6.12. The van der Waals surface area contributed by atoms with Crippen molar-refractivity contribution in [2.24, 2.45) is 0 Å². The minimum atomic E-state index is 0.238. The molecule has 3 aromatic rings. The highest BCUT2D eigenvalue weighted by atomic mass is 35.5. The van der Waals surface area contributed by atoms with E-state index in [0.717, 1.165) is 27.9 Å². The molecule has 0 aliphatic heterocycles. The summed E-state index contributed by atoms with van der Waals surface area (Å²) in [6, 6.07) is 19.4. The number of pyridine rings is 1. The van der Waals surface area contributed by atoms with E-state index in [9.17, 15) is 5.26 Å². The van der Waals surface area contributed by atoms with Gasteiger partial charge >= 0.3 is 0 Å². The number of benzene rings is 2. The standard InChI is InChI=1S/C19H14ClN3/c1-12-17(13-5-3-2-4-6-13)16(11-21)19(22)23-18(12)14-7-9-15(20)10-8-14/h2-10H,1H3,(H2,22,23). The van der Waals surface area contributed by atoms with Crippen molar-refractivity contribution >= 4 is 17.4 Å². The number of nitrogen functional groups attached to an aromatic ring is 1. The van der Waals surface area contributed by atoms with E-state index in [1.165, 1.54) is 0 Å². The summed E-state index contributed by atoms with van der Waals surface area (Å²) in [5, 5.41) is 10.2. The first kappa shape index (κ1) is 15.1. The highest BCUT2D eigenvalue weighted by Gasteiger charge is 2.17. The minimum absolute atomic E-state index is 0.238. The second-order valence-corrected chi connectivity index (χ2v) is 5.64. The maximum Gasteiger partial charge on any atom is 0.142 e. The summed E-state index contributed by atoms with van der Waals surface area (Å²) >= 11 is 5.96. The lowest BCUT2D eigenvalue weighted by Crippen LogP contribution is -2.03. The lowest BCUT2D eigenvalue weighted by atomic mass is 9.93. The van der Waals surface area contributed by atoms with Gasteiger partial charge in [-0.25, -0.2) is 4.98 Å². The maximum atomic E-state index is 9.50. The highest BCUT2D eigenvalue weighted by Crippen LogP contribution is 2.35. The summed E-state index contributed by atoms with van der Waals surface area (Å²) in [6.45, 7) is 1.96. The molecule has 2 N–H and O–H groups in total. The number of aromatic nitrogens is 1. The summed E-state index contributed by atoms with van der Waals surface area (Å²) in [6.07, 6.45) is 0. The van der Waals surface area contributed by atoms with Gasteiger partial charge in [0.1, 0.15) is 17.5 Å². The molecule has 1 heterocycles. The third-order valence-corrected chi connectivity index (χ3v) is 4.01. The molecule has 3 nitrogen and oxygen atoms in total. The lowest BCUT2D eigenvalue weighted by molar-refractivity contribution is 1.26. The van der Waals surface area contributed by atoms with Crippen molar-refractivity contribution < 1.29 is 0 Å². The van der Waals surface area contributed by atoms with Gasteiger partial charge in [0.2, 0.25) is 0 Å². The summed E-state index contributed by atoms with van der Waals surface area (Å²) < 4.78 is 0. The predicted octanol–water partition coefficient (Wildman–Crippen LogP) is 4.83. The average molecular weight is 320 g/mol. The third-order valence-electron chi connectivity index (χ3n) is 3.76. The molecule has 112 valence electrons. The Morgan fingerprint density at radius 2 is 1.65 bits per heavy atom. The molecule has 0 unspecified atom stereocenters. The molecule has 4 heteroatoms. The monoisotopic (exact) mass is 319 g/mol. The molecule has 0 saturated carbocycles. The van der Waals surface area contributed by atoms with Crippen LogP contribution < -0.4 is 5.73 Å². The smallest absolute Gasteiger partial charge is 0.142 e. The van der Waals surface area contributed by atoms with Gasteiger partial charge in [0, 0.05) is 16.1 Å². The zero-order valence-electron chi connectivity index (χ0n) is 12.5. The number of anilines is 1. The van der Waals surface area contributed by atoms with Gasteiger partial charge in [0.15, 0.2) is 0 Å². The Morgan fingerprint density at radius 3 is 2.26 bits per heavy atom. The van der Waals surface area contributed by atoms with E-state index in [2.05, 4.69) is 11.1 Å². The van der Waals surface area contributed by atoms with Crippen LogP contribution in [0, 0.1) is 18.3 Å². The van der Waals surface area contributed by atoms with Crippen molar-refractivity contribution in [3.05, 3.63) is 70.7 Å². The molecule has 0 radical (unpaired) electrons. The fourth-order valence-corrected chi connectivity index (χ4v) is 2.79. The van der Waals surface area contributed by atoms with E-state index >= 15 is 0 Å². The Balaban J connectivity index is 2.31. The van der Waals surface area contributed by atoms with Crippen LogP contribution in [0.5, 0.6) is 0 Å². The van der Waals surface area contributed by atoms with E-state index < -0.39 is 0 Å². The summed E-state index contributed by atoms with van der Waals surface area (Å²) in [4.78, 5) is 4.44. The van der Waals surface area contributed by atoms with Crippen LogP contribution >= 0.6 is 11.6 Å². The van der Waals surface area contributed by atoms with Crippen LogP contribution in [0.1, 0.15) is 11.1 Å². The van der Waals surface area contributed by atoms with Crippen LogP contribution in [0.2, 0.25) is 5.02 Å². The molecular weight excluding hydrogens is 306 g/mol. The largest absolute Gasteiger partial charge is 0.383 e. The van der Waals surface area contributed by atoms with Gasteiger partial charge < -0.3 is 5.73 Å². The van der Waals surface area contributed by atoms with E-state index in [-0.39, 0.29) is 5.82 Å². The molecule has 1 aromatic heterocycles. The highest BCUT2D eigenvalue weighted by molar-refractivity contribution is 6.30. The number of hydrogen-bond donors (Lipinski definition) is 1. The Kier molecular flexibility index (Phi) is 4.01. The topological polar surface area (TPSA) is 62.7 Å². The van der Waals surface area contributed by atoms with Gasteiger partial charge in [-0.05, 0) is 30.2 Å². The number of nitrogens with two attached hydrogens (primary N) is 1. The molecule has 3 rings (SSSR count). The fourth-order valence-electron chi connectivity index (χ4n) is 2.66. The molecule has 0 spiro atoms. The van der Waals surface area contributed by atoms with Gasteiger partial charge in [-0.15, -0.1) is 0 Å². The van der Waals surface area contributed by atoms with Crippen LogP contribution in [0.25, 0.3) is 22.4 Å². The second-order valence-electron chi connectivity index (χ2n) is 5.21. The van der Waals surface area contributed by atoms with Crippen LogP contribution in [0.4, 0.5) is 5.82 Å². The Labute approximate surface area is 140 Å². The van der Waals surface area contributed by atoms with Crippen LogP contribution in [-0.2, 0) is 0 Å². The van der Waals surface area contributed by atoms with Crippen molar-refractivity contribution in [1.82, 2.24) is 4.98 Å². The zero-order chi connectivity index (χ0) is 16.4. The number of nitrogens with zero attached hydrogens (tertiary/aromatic N) is 2. The van der Waals surface area contributed by atoms with Crippen LogP contribution in [-0.4, -0.2) is 4.98 Å². The molecular formula is C19H14ClN3. The van der Waals surface area contributed by atoms with Crippen molar-refractivity contribution in [2.45, 2.75) is 6.92 Å². The quantitative estimate of drug-likeness (QED) is 0.735. The lowest BCUT2D eigenvalue weighted by Gasteiger charge is -2.15. The number of halogens is 1. The van der Waals surface area contributed by atoms with Crippen molar-refractivity contribution in [3.63, 3.8) is 0 Å². The average Bonchev–Trinajstić information content (AvgIpc) is 2.58. The van der Waals surface area contributed by atoms with Gasteiger partial charge in [-0.3, -0.25) is 0 Å². The first-order chi connectivity index (χ1) is 11.1. The Hall–Kier alpha value is -2.83. The molecule has 0 aliphatic carbocycles. The molecule has 2 aromatic carbocycles. The minimum Gasteiger partial charge on any atom is -0.383 e. The molecule has 0 aliphatic rings. The first-order valence-electron chi connectivity index (χ1n) is 7.13. The number of nitriles is 1. The van der Waals surface area contributed by atoms with Crippen LogP contribution in [0.3, 0.4) is 0 Å². The van der Waals surface area contributed by atoms with Gasteiger partial charge in [-0.1, -0.05) is 54.1 Å². The van der Waals surface area contributed by atoms with E-state index in [0.29, 0.717) is 10.6 Å². The maximum absolute atomic E-state index is 9.50. The van der Waals surface area contributed by atoms with Crippen molar-refractivity contribution in [1.29, 1.82) is 5.26 Å². The molecule has 0 atom stereocenters. The normalized spacial score (nSPS) is 10.3. The molecule has 0 saturated heterocycles.